The summed E-state index contributed by atoms with van der Waals surface area (Å²) >= 11 is 21.0. The van der Waals surface area contributed by atoms with Gasteiger partial charge in [0.05, 0.1) is 10.0 Å². The highest BCUT2D eigenvalue weighted by atomic mass is 79.9. The Morgan fingerprint density at radius 2 is 1.82 bits per heavy atom. The van der Waals surface area contributed by atoms with Gasteiger partial charge >= 0.3 is 0 Å². The van der Waals surface area contributed by atoms with Crippen molar-refractivity contribution in [3.05, 3.63) is 50.1 Å². The fourth-order valence-electron chi connectivity index (χ4n) is 1.16. The Kier molecular flexibility index (Phi) is 4.15. The van der Waals surface area contributed by atoms with Crippen molar-refractivity contribution < 1.29 is 4.74 Å². The zero-order valence-corrected chi connectivity index (χ0v) is 12.1. The van der Waals surface area contributed by atoms with E-state index in [9.17, 15) is 0 Å². The first-order valence-electron chi connectivity index (χ1n) is 4.50. The highest BCUT2D eigenvalue weighted by Gasteiger charge is 2.08. The van der Waals surface area contributed by atoms with E-state index in [1.54, 1.807) is 30.5 Å². The predicted molar refractivity (Wildman–Crippen MR) is 73.5 cm³/mol. The molecule has 0 spiro atoms. The molecule has 0 saturated carbocycles. The minimum atomic E-state index is 0.349. The quantitative estimate of drug-likeness (QED) is 0.518. The molecule has 2 nitrogen and oxygen atoms in total. The molecular weight excluding hydrogens is 348 g/mol. The summed E-state index contributed by atoms with van der Waals surface area (Å²) in [5.74, 6) is 1.01. The van der Waals surface area contributed by atoms with Crippen LogP contribution in [-0.2, 0) is 0 Å². The lowest BCUT2D eigenvalue weighted by molar-refractivity contribution is 0.482. The van der Waals surface area contributed by atoms with Crippen molar-refractivity contribution in [2.75, 3.05) is 0 Å². The van der Waals surface area contributed by atoms with E-state index in [0.29, 0.717) is 31.2 Å². The van der Waals surface area contributed by atoms with Gasteiger partial charge in [0.1, 0.15) is 16.7 Å². The largest absolute Gasteiger partial charge is 0.456 e. The molecule has 0 atom stereocenters. The average molecular weight is 353 g/mol. The fourth-order valence-corrected chi connectivity index (χ4v) is 2.15. The van der Waals surface area contributed by atoms with Gasteiger partial charge in [0.2, 0.25) is 0 Å². The van der Waals surface area contributed by atoms with Crippen molar-refractivity contribution in [1.29, 1.82) is 0 Å². The second-order valence-corrected chi connectivity index (χ2v) is 5.17. The van der Waals surface area contributed by atoms with E-state index in [0.717, 1.165) is 0 Å². The van der Waals surface area contributed by atoms with Gasteiger partial charge < -0.3 is 4.74 Å². The van der Waals surface area contributed by atoms with Gasteiger partial charge in [-0.2, -0.15) is 0 Å². The van der Waals surface area contributed by atoms with Crippen LogP contribution in [-0.4, -0.2) is 4.98 Å². The molecule has 0 unspecified atom stereocenters. The first kappa shape index (κ1) is 13.0. The number of aromatic nitrogens is 1. The maximum absolute atomic E-state index is 6.03. The molecule has 0 bridgehead atoms. The van der Waals surface area contributed by atoms with Crippen LogP contribution >= 0.6 is 50.7 Å². The maximum atomic E-state index is 6.03. The lowest BCUT2D eigenvalue weighted by Crippen LogP contribution is -1.87. The van der Waals surface area contributed by atoms with Crippen LogP contribution in [0.25, 0.3) is 0 Å². The molecule has 0 fully saturated rings. The predicted octanol–water partition coefficient (Wildman–Crippen LogP) is 5.60. The molecule has 2 aromatic rings. The average Bonchev–Trinajstić information content (AvgIpc) is 2.26. The Morgan fingerprint density at radius 3 is 2.53 bits per heavy atom. The number of pyridine rings is 1. The van der Waals surface area contributed by atoms with E-state index in [1.807, 2.05) is 0 Å². The van der Waals surface area contributed by atoms with E-state index in [4.69, 9.17) is 39.5 Å². The van der Waals surface area contributed by atoms with Crippen molar-refractivity contribution in [2.45, 2.75) is 0 Å². The Morgan fingerprint density at radius 1 is 1.06 bits per heavy atom. The minimum absolute atomic E-state index is 0.349. The van der Waals surface area contributed by atoms with Gasteiger partial charge in [-0.05, 0) is 28.1 Å². The minimum Gasteiger partial charge on any atom is -0.456 e. The Balaban J connectivity index is 2.33. The molecule has 0 N–H and O–H groups in total. The molecule has 1 aromatic carbocycles. The summed E-state index contributed by atoms with van der Waals surface area (Å²) in [5, 5.41) is 1.32. The number of halogens is 4. The lowest BCUT2D eigenvalue weighted by Gasteiger charge is -2.08. The van der Waals surface area contributed by atoms with E-state index >= 15 is 0 Å². The summed E-state index contributed by atoms with van der Waals surface area (Å²) in [6, 6.07) is 6.57. The molecule has 0 aliphatic carbocycles. The third-order valence-corrected chi connectivity index (χ3v) is 3.60. The van der Waals surface area contributed by atoms with Crippen LogP contribution in [0, 0.1) is 0 Å². The van der Waals surface area contributed by atoms with Gasteiger partial charge in [-0.1, -0.05) is 34.8 Å². The number of nitrogens with zero attached hydrogens (tertiary/aromatic N) is 1. The molecule has 0 amide bonds. The van der Waals surface area contributed by atoms with Crippen LogP contribution in [0.3, 0.4) is 0 Å². The normalized spacial score (nSPS) is 10.4. The number of ether oxygens (including phenoxy) is 1. The monoisotopic (exact) mass is 351 g/mol. The van der Waals surface area contributed by atoms with Crippen molar-refractivity contribution in [2.24, 2.45) is 0 Å². The number of benzene rings is 1. The number of hydrogen-bond donors (Lipinski definition) is 0. The van der Waals surface area contributed by atoms with E-state index in [2.05, 4.69) is 20.9 Å². The summed E-state index contributed by atoms with van der Waals surface area (Å²) in [7, 11) is 0. The van der Waals surface area contributed by atoms with Crippen LogP contribution in [0.15, 0.2) is 34.9 Å². The van der Waals surface area contributed by atoms with Crippen molar-refractivity contribution in [3.63, 3.8) is 0 Å². The molecule has 17 heavy (non-hydrogen) atoms. The SMILES string of the molecule is Clc1cc(Oc2cc(Cl)c(Br)cc2Cl)ccn1. The summed E-state index contributed by atoms with van der Waals surface area (Å²) < 4.78 is 6.28. The highest BCUT2D eigenvalue weighted by Crippen LogP contribution is 2.36. The van der Waals surface area contributed by atoms with E-state index in [-0.39, 0.29) is 0 Å². The second kappa shape index (κ2) is 5.44. The molecule has 6 heteroatoms. The molecule has 0 aliphatic rings. The first-order chi connectivity index (χ1) is 8.06. The van der Waals surface area contributed by atoms with Gasteiger partial charge in [0.25, 0.3) is 0 Å². The molecular formula is C11H5BrCl3NO. The Bertz CT molecular complexity index is 562. The summed E-state index contributed by atoms with van der Waals surface area (Å²) in [5.41, 5.74) is 0. The van der Waals surface area contributed by atoms with Crippen molar-refractivity contribution in [1.82, 2.24) is 4.98 Å². The van der Waals surface area contributed by atoms with E-state index in [1.165, 1.54) is 0 Å². The zero-order chi connectivity index (χ0) is 12.4. The number of rotatable bonds is 2. The molecule has 0 radical (unpaired) electrons. The Hall–Kier alpha value is -0.480. The van der Waals surface area contributed by atoms with Gasteiger partial charge in [-0.3, -0.25) is 0 Å². The van der Waals surface area contributed by atoms with Gasteiger partial charge in [-0.25, -0.2) is 4.98 Å². The molecule has 88 valence electrons. The second-order valence-electron chi connectivity index (χ2n) is 3.11. The standard InChI is InChI=1S/C11H5BrCl3NO/c12-7-4-9(14)10(5-8(7)13)17-6-1-2-16-11(15)3-6/h1-5H. The summed E-state index contributed by atoms with van der Waals surface area (Å²) in [6.07, 6.45) is 1.55. The first-order valence-corrected chi connectivity index (χ1v) is 6.43. The van der Waals surface area contributed by atoms with Crippen LogP contribution in [0.5, 0.6) is 11.5 Å². The topological polar surface area (TPSA) is 22.1 Å². The van der Waals surface area contributed by atoms with Crippen LogP contribution in [0.1, 0.15) is 0 Å². The van der Waals surface area contributed by atoms with Crippen LogP contribution in [0.4, 0.5) is 0 Å². The molecule has 0 aliphatic heterocycles. The van der Waals surface area contributed by atoms with Gasteiger partial charge in [0.15, 0.2) is 0 Å². The summed E-state index contributed by atoms with van der Waals surface area (Å²) in [6.45, 7) is 0. The third-order valence-electron chi connectivity index (χ3n) is 1.90. The molecule has 1 aromatic heterocycles. The fraction of sp³-hybridized carbons (Fsp3) is 0. The van der Waals surface area contributed by atoms with Crippen LogP contribution in [0.2, 0.25) is 15.2 Å². The van der Waals surface area contributed by atoms with E-state index < -0.39 is 0 Å². The highest BCUT2D eigenvalue weighted by molar-refractivity contribution is 9.10. The smallest absolute Gasteiger partial charge is 0.147 e. The maximum Gasteiger partial charge on any atom is 0.147 e. The molecule has 2 rings (SSSR count). The molecule has 1 heterocycles. The Labute approximate surface area is 122 Å². The summed E-state index contributed by atoms with van der Waals surface area (Å²) in [4.78, 5) is 3.85. The lowest BCUT2D eigenvalue weighted by atomic mass is 10.3. The molecule has 0 saturated heterocycles. The van der Waals surface area contributed by atoms with Crippen molar-refractivity contribution >= 4 is 50.7 Å². The third kappa shape index (κ3) is 3.26. The van der Waals surface area contributed by atoms with Crippen LogP contribution < -0.4 is 4.74 Å². The van der Waals surface area contributed by atoms with Gasteiger partial charge in [0, 0.05) is 22.8 Å². The van der Waals surface area contributed by atoms with Crippen molar-refractivity contribution in [3.8, 4) is 11.5 Å². The number of hydrogen-bond acceptors (Lipinski definition) is 2. The zero-order valence-electron chi connectivity index (χ0n) is 8.25. The van der Waals surface area contributed by atoms with Gasteiger partial charge in [-0.15, -0.1) is 0 Å².